The van der Waals surface area contributed by atoms with Crippen molar-refractivity contribution in [1.29, 1.82) is 0 Å². The molecule has 1 N–H and O–H groups in total. The molecule has 0 radical (unpaired) electrons. The summed E-state index contributed by atoms with van der Waals surface area (Å²) in [6.45, 7) is 5.36. The summed E-state index contributed by atoms with van der Waals surface area (Å²) in [5.41, 5.74) is 0. The van der Waals surface area contributed by atoms with Crippen molar-refractivity contribution in [3.05, 3.63) is 30.3 Å². The third-order valence-electron chi connectivity index (χ3n) is 2.53. The highest BCUT2D eigenvalue weighted by atomic mass is 32.2. The number of carbonyl (C=O) groups is 2. The average molecular weight is 265 g/mol. The summed E-state index contributed by atoms with van der Waals surface area (Å²) < 4.78 is 0. The van der Waals surface area contributed by atoms with Gasteiger partial charge in [-0.05, 0) is 25.0 Å². The topological polar surface area (TPSA) is 46.2 Å². The molecule has 1 rings (SSSR count). The monoisotopic (exact) mass is 265 g/mol. The van der Waals surface area contributed by atoms with Gasteiger partial charge in [-0.1, -0.05) is 32.0 Å². The number of thioether (sulfide) groups is 1. The molecule has 1 unspecified atom stereocenters. The average Bonchev–Trinajstić information content (AvgIpc) is 2.34. The van der Waals surface area contributed by atoms with Crippen LogP contribution in [0.5, 0.6) is 0 Å². The highest BCUT2D eigenvalue weighted by molar-refractivity contribution is 8.00. The molecule has 0 aliphatic heterocycles. The summed E-state index contributed by atoms with van der Waals surface area (Å²) >= 11 is 1.47. The van der Waals surface area contributed by atoms with Gasteiger partial charge < -0.3 is 5.32 Å². The zero-order valence-corrected chi connectivity index (χ0v) is 11.8. The Bertz CT molecular complexity index is 404. The van der Waals surface area contributed by atoms with E-state index in [1.807, 2.05) is 44.2 Å². The highest BCUT2D eigenvalue weighted by Gasteiger charge is 2.20. The molecule has 3 nitrogen and oxygen atoms in total. The van der Waals surface area contributed by atoms with Gasteiger partial charge in [0.25, 0.3) is 0 Å². The molecule has 0 spiro atoms. The summed E-state index contributed by atoms with van der Waals surface area (Å²) in [6, 6.07) is 9.36. The van der Waals surface area contributed by atoms with Crippen LogP contribution in [0.4, 0.5) is 0 Å². The molecule has 0 bridgehead atoms. The summed E-state index contributed by atoms with van der Waals surface area (Å²) in [6.07, 6.45) is 0. The molecule has 0 aliphatic carbocycles. The molecule has 18 heavy (non-hydrogen) atoms. The number of Topliss-reactive ketones (excluding diaryl/α,β-unsaturated/α-hetero) is 1. The lowest BCUT2D eigenvalue weighted by atomic mass is 10.0. The van der Waals surface area contributed by atoms with Gasteiger partial charge in [-0.3, -0.25) is 9.59 Å². The van der Waals surface area contributed by atoms with Crippen LogP contribution in [-0.2, 0) is 9.59 Å². The fourth-order valence-electron chi connectivity index (χ4n) is 1.62. The molecule has 0 fully saturated rings. The molecular formula is C14H19NO2S. The van der Waals surface area contributed by atoms with Crippen LogP contribution in [0.25, 0.3) is 0 Å². The minimum atomic E-state index is -0.381. The summed E-state index contributed by atoms with van der Waals surface area (Å²) in [5.74, 6) is 0.356. The van der Waals surface area contributed by atoms with Gasteiger partial charge in [0, 0.05) is 4.90 Å². The summed E-state index contributed by atoms with van der Waals surface area (Å²) in [4.78, 5) is 24.2. The quantitative estimate of drug-likeness (QED) is 0.804. The maximum absolute atomic E-state index is 11.8. The number of hydrogen-bond acceptors (Lipinski definition) is 3. The number of rotatable bonds is 6. The smallest absolute Gasteiger partial charge is 0.230 e. The van der Waals surface area contributed by atoms with Crippen molar-refractivity contribution >= 4 is 23.5 Å². The Morgan fingerprint density at radius 3 is 2.33 bits per heavy atom. The predicted molar refractivity (Wildman–Crippen MR) is 74.6 cm³/mol. The van der Waals surface area contributed by atoms with Crippen molar-refractivity contribution in [2.75, 3.05) is 5.75 Å². The molecule has 0 saturated heterocycles. The number of nitrogens with one attached hydrogen (secondary N) is 1. The second kappa shape index (κ2) is 7.21. The third-order valence-corrected chi connectivity index (χ3v) is 3.55. The van der Waals surface area contributed by atoms with E-state index in [4.69, 9.17) is 0 Å². The van der Waals surface area contributed by atoms with Gasteiger partial charge in [0.15, 0.2) is 5.78 Å². The van der Waals surface area contributed by atoms with E-state index in [1.54, 1.807) is 0 Å². The van der Waals surface area contributed by atoms with Gasteiger partial charge in [-0.2, -0.15) is 0 Å². The maximum atomic E-state index is 11.8. The Morgan fingerprint density at radius 1 is 1.22 bits per heavy atom. The van der Waals surface area contributed by atoms with Gasteiger partial charge in [-0.25, -0.2) is 0 Å². The molecule has 0 aromatic heterocycles. The van der Waals surface area contributed by atoms with Crippen molar-refractivity contribution < 1.29 is 9.59 Å². The van der Waals surface area contributed by atoms with Gasteiger partial charge >= 0.3 is 0 Å². The molecule has 1 aromatic carbocycles. The first kappa shape index (κ1) is 14.8. The standard InChI is InChI=1S/C14H19NO2S/c1-10(2)14(11(3)16)15-13(17)9-18-12-7-5-4-6-8-12/h4-8,10,14H,9H2,1-3H3,(H,15,17). The van der Waals surface area contributed by atoms with Gasteiger partial charge in [-0.15, -0.1) is 11.8 Å². The van der Waals surface area contributed by atoms with Gasteiger partial charge in [0.1, 0.15) is 0 Å². The van der Waals surface area contributed by atoms with Crippen molar-refractivity contribution in [2.24, 2.45) is 5.92 Å². The second-order valence-electron chi connectivity index (χ2n) is 4.50. The minimum absolute atomic E-state index is 0.00283. The van der Waals surface area contributed by atoms with E-state index in [2.05, 4.69) is 5.32 Å². The third kappa shape index (κ3) is 4.92. The number of ketones is 1. The van der Waals surface area contributed by atoms with Gasteiger partial charge in [0.05, 0.1) is 11.8 Å². The van der Waals surface area contributed by atoms with Crippen molar-refractivity contribution in [3.63, 3.8) is 0 Å². The van der Waals surface area contributed by atoms with Crippen LogP contribution in [-0.4, -0.2) is 23.5 Å². The van der Waals surface area contributed by atoms with Crippen LogP contribution in [0.2, 0.25) is 0 Å². The minimum Gasteiger partial charge on any atom is -0.345 e. The largest absolute Gasteiger partial charge is 0.345 e. The normalized spacial score (nSPS) is 12.2. The first-order valence-corrected chi connectivity index (χ1v) is 6.97. The van der Waals surface area contributed by atoms with Crippen LogP contribution in [0.1, 0.15) is 20.8 Å². The molecule has 1 atom stereocenters. The molecule has 1 aromatic rings. The van der Waals surface area contributed by atoms with Crippen molar-refractivity contribution in [2.45, 2.75) is 31.7 Å². The fourth-order valence-corrected chi connectivity index (χ4v) is 2.35. The van der Waals surface area contributed by atoms with E-state index < -0.39 is 0 Å². The zero-order chi connectivity index (χ0) is 13.5. The molecule has 98 valence electrons. The number of benzene rings is 1. The highest BCUT2D eigenvalue weighted by Crippen LogP contribution is 2.16. The first-order chi connectivity index (χ1) is 8.50. The Balaban J connectivity index is 2.44. The van der Waals surface area contributed by atoms with Crippen LogP contribution in [0.15, 0.2) is 35.2 Å². The van der Waals surface area contributed by atoms with Crippen molar-refractivity contribution in [3.8, 4) is 0 Å². The van der Waals surface area contributed by atoms with E-state index >= 15 is 0 Å². The lowest BCUT2D eigenvalue weighted by molar-refractivity contribution is -0.126. The fraction of sp³-hybridized carbons (Fsp3) is 0.429. The van der Waals surface area contributed by atoms with E-state index in [1.165, 1.54) is 18.7 Å². The van der Waals surface area contributed by atoms with Crippen LogP contribution in [0, 0.1) is 5.92 Å². The summed E-state index contributed by atoms with van der Waals surface area (Å²) in [7, 11) is 0. The number of amides is 1. The molecule has 1 amide bonds. The molecule has 0 saturated carbocycles. The lowest BCUT2D eigenvalue weighted by Gasteiger charge is -2.19. The predicted octanol–water partition coefficient (Wildman–Crippen LogP) is 2.51. The summed E-state index contributed by atoms with van der Waals surface area (Å²) in [5, 5.41) is 2.78. The molecule has 4 heteroatoms. The molecular weight excluding hydrogens is 246 g/mol. The number of hydrogen-bond donors (Lipinski definition) is 1. The Morgan fingerprint density at radius 2 is 1.83 bits per heavy atom. The first-order valence-electron chi connectivity index (χ1n) is 5.98. The Labute approximate surface area is 112 Å². The van der Waals surface area contributed by atoms with E-state index in [0.717, 1.165) is 4.90 Å². The zero-order valence-electron chi connectivity index (χ0n) is 11.0. The SMILES string of the molecule is CC(=O)C(NC(=O)CSc1ccccc1)C(C)C. The Kier molecular flexibility index (Phi) is 5.92. The Hall–Kier alpha value is -1.29. The molecule has 0 aliphatic rings. The van der Waals surface area contributed by atoms with Crippen LogP contribution in [0.3, 0.4) is 0 Å². The van der Waals surface area contributed by atoms with E-state index in [9.17, 15) is 9.59 Å². The lowest BCUT2D eigenvalue weighted by Crippen LogP contribution is -2.44. The van der Waals surface area contributed by atoms with E-state index in [-0.39, 0.29) is 23.7 Å². The van der Waals surface area contributed by atoms with Gasteiger partial charge in [0.2, 0.25) is 5.91 Å². The van der Waals surface area contributed by atoms with E-state index in [0.29, 0.717) is 5.75 Å². The van der Waals surface area contributed by atoms with Crippen molar-refractivity contribution in [1.82, 2.24) is 5.32 Å². The molecule has 0 heterocycles. The van der Waals surface area contributed by atoms with Crippen LogP contribution >= 0.6 is 11.8 Å². The van der Waals surface area contributed by atoms with Crippen LogP contribution < -0.4 is 5.32 Å². The second-order valence-corrected chi connectivity index (χ2v) is 5.55. The maximum Gasteiger partial charge on any atom is 0.230 e. The number of carbonyl (C=O) groups excluding carboxylic acids is 2.